The summed E-state index contributed by atoms with van der Waals surface area (Å²) in [4.78, 5) is 32.1. The topological polar surface area (TPSA) is 148 Å². The van der Waals surface area contributed by atoms with Gasteiger partial charge in [-0.05, 0) is 18.2 Å². The van der Waals surface area contributed by atoms with Crippen molar-refractivity contribution in [3.05, 3.63) is 81.5 Å². The Morgan fingerprint density at radius 3 is 2.83 bits per heavy atom. The third-order valence-corrected chi connectivity index (χ3v) is 4.38. The highest BCUT2D eigenvalue weighted by molar-refractivity contribution is 5.76. The zero-order chi connectivity index (χ0) is 20.7. The fourth-order valence-electron chi connectivity index (χ4n) is 3.01. The van der Waals surface area contributed by atoms with Gasteiger partial charge in [-0.1, -0.05) is 17.3 Å². The minimum Gasteiger partial charge on any atom is -0.461 e. The van der Waals surface area contributed by atoms with Crippen LogP contribution >= 0.6 is 0 Å². The predicted octanol–water partition coefficient (Wildman–Crippen LogP) is 2.18. The molecule has 12 nitrogen and oxygen atoms in total. The van der Waals surface area contributed by atoms with Gasteiger partial charge in [0.05, 0.1) is 17.4 Å². The molecule has 148 valence electrons. The molecular weight excluding hydrogens is 394 g/mol. The summed E-state index contributed by atoms with van der Waals surface area (Å²) in [5.41, 5.74) is -0.137. The first-order valence-corrected chi connectivity index (χ1v) is 8.65. The summed E-state index contributed by atoms with van der Waals surface area (Å²) >= 11 is 0. The molecule has 0 fully saturated rings. The molecule has 30 heavy (non-hydrogen) atoms. The van der Waals surface area contributed by atoms with Gasteiger partial charge in [0.1, 0.15) is 23.9 Å². The first kappa shape index (κ1) is 17.5. The summed E-state index contributed by atoms with van der Waals surface area (Å²) in [5, 5.41) is 19.5. The lowest BCUT2D eigenvalue weighted by Crippen LogP contribution is -2.21. The number of hydrogen-bond acceptors (Lipinski definition) is 9. The van der Waals surface area contributed by atoms with Crippen LogP contribution in [-0.2, 0) is 6.54 Å². The van der Waals surface area contributed by atoms with Gasteiger partial charge < -0.3 is 8.94 Å². The second-order valence-corrected chi connectivity index (χ2v) is 6.21. The van der Waals surface area contributed by atoms with Gasteiger partial charge in [-0.2, -0.15) is 10.1 Å². The maximum absolute atomic E-state index is 12.9. The Bertz CT molecular complexity index is 1430. The average Bonchev–Trinajstić information content (AvgIpc) is 3.50. The van der Waals surface area contributed by atoms with Crippen LogP contribution in [0.15, 0.2) is 68.9 Å². The van der Waals surface area contributed by atoms with Crippen LogP contribution in [0, 0.1) is 10.1 Å². The fraction of sp³-hybridized carbons (Fsp3) is 0.0556. The Hall–Kier alpha value is -4.61. The van der Waals surface area contributed by atoms with E-state index in [-0.39, 0.29) is 40.7 Å². The molecule has 4 heterocycles. The van der Waals surface area contributed by atoms with E-state index in [0.717, 1.165) is 0 Å². The van der Waals surface area contributed by atoms with Gasteiger partial charge in [0, 0.05) is 6.07 Å². The molecule has 4 aromatic heterocycles. The van der Waals surface area contributed by atoms with Crippen molar-refractivity contribution in [1.82, 2.24) is 29.5 Å². The molecule has 0 saturated heterocycles. The van der Waals surface area contributed by atoms with Gasteiger partial charge in [0.15, 0.2) is 11.4 Å². The summed E-state index contributed by atoms with van der Waals surface area (Å²) in [6.07, 6.45) is 4.11. The number of aromatic nitrogens is 6. The largest absolute Gasteiger partial charge is 0.461 e. The van der Waals surface area contributed by atoms with Crippen molar-refractivity contribution in [3.63, 3.8) is 0 Å². The van der Waals surface area contributed by atoms with Crippen molar-refractivity contribution in [2.45, 2.75) is 6.54 Å². The number of nitro benzene ring substituents is 1. The Kier molecular flexibility index (Phi) is 3.95. The second-order valence-electron chi connectivity index (χ2n) is 6.21. The van der Waals surface area contributed by atoms with E-state index in [9.17, 15) is 14.9 Å². The number of rotatable bonds is 5. The second kappa shape index (κ2) is 6.77. The molecule has 0 N–H and O–H groups in total. The normalized spacial score (nSPS) is 11.2. The number of benzene rings is 1. The number of nitrogens with zero attached hydrogens (tertiary/aromatic N) is 7. The zero-order valence-corrected chi connectivity index (χ0v) is 15.1. The minimum absolute atomic E-state index is 0.00779. The Balaban J connectivity index is 1.52. The van der Waals surface area contributed by atoms with Crippen LogP contribution in [-0.4, -0.2) is 34.4 Å². The maximum atomic E-state index is 12.9. The molecule has 0 amide bonds. The first-order chi connectivity index (χ1) is 14.6. The lowest BCUT2D eigenvalue weighted by molar-refractivity contribution is -0.384. The Morgan fingerprint density at radius 2 is 2.03 bits per heavy atom. The van der Waals surface area contributed by atoms with E-state index in [1.54, 1.807) is 24.3 Å². The summed E-state index contributed by atoms with van der Waals surface area (Å²) in [6.45, 7) is -0.00779. The molecule has 0 saturated carbocycles. The van der Waals surface area contributed by atoms with Gasteiger partial charge in [-0.25, -0.2) is 9.67 Å². The van der Waals surface area contributed by atoms with E-state index < -0.39 is 10.5 Å². The van der Waals surface area contributed by atoms with Gasteiger partial charge >= 0.3 is 0 Å². The third kappa shape index (κ3) is 2.83. The average molecular weight is 405 g/mol. The number of fused-ring (bicyclic) bond motifs is 1. The van der Waals surface area contributed by atoms with Crippen molar-refractivity contribution in [1.29, 1.82) is 0 Å². The molecule has 5 rings (SSSR count). The standard InChI is InChI=1S/C18H11N7O5/c26-18-11-8-20-24(12-4-1-2-5-13(12)25(27)28)17(11)19-10-23(18)9-15-21-16(22-30-15)14-6-3-7-29-14/h1-8,10H,9H2. The lowest BCUT2D eigenvalue weighted by Gasteiger charge is -2.05. The Labute approximate surface area is 166 Å². The molecule has 0 radical (unpaired) electrons. The maximum Gasteiger partial charge on any atom is 0.294 e. The summed E-state index contributed by atoms with van der Waals surface area (Å²) in [5.74, 6) is 0.897. The Morgan fingerprint density at radius 1 is 1.17 bits per heavy atom. The van der Waals surface area contributed by atoms with Gasteiger partial charge in [0.2, 0.25) is 11.7 Å². The van der Waals surface area contributed by atoms with Crippen molar-refractivity contribution in [2.75, 3.05) is 0 Å². The fourth-order valence-corrected chi connectivity index (χ4v) is 3.01. The van der Waals surface area contributed by atoms with Crippen LogP contribution in [0.4, 0.5) is 5.69 Å². The molecule has 0 spiro atoms. The summed E-state index contributed by atoms with van der Waals surface area (Å²) in [7, 11) is 0. The molecule has 12 heteroatoms. The monoisotopic (exact) mass is 405 g/mol. The van der Waals surface area contributed by atoms with E-state index in [2.05, 4.69) is 20.2 Å². The molecule has 5 aromatic rings. The predicted molar refractivity (Wildman–Crippen MR) is 101 cm³/mol. The van der Waals surface area contributed by atoms with E-state index in [0.29, 0.717) is 5.76 Å². The summed E-state index contributed by atoms with van der Waals surface area (Å²) < 4.78 is 12.9. The highest BCUT2D eigenvalue weighted by Gasteiger charge is 2.20. The van der Waals surface area contributed by atoms with Crippen LogP contribution in [0.2, 0.25) is 0 Å². The van der Waals surface area contributed by atoms with Crippen LogP contribution in [0.25, 0.3) is 28.3 Å². The van der Waals surface area contributed by atoms with Crippen LogP contribution < -0.4 is 5.56 Å². The lowest BCUT2D eigenvalue weighted by atomic mass is 10.2. The highest BCUT2D eigenvalue weighted by atomic mass is 16.6. The smallest absolute Gasteiger partial charge is 0.294 e. The highest BCUT2D eigenvalue weighted by Crippen LogP contribution is 2.24. The van der Waals surface area contributed by atoms with Crippen LogP contribution in [0.1, 0.15) is 5.89 Å². The SMILES string of the molecule is O=c1c2cnn(-c3ccccc3[N+](=O)[O-])c2ncn1Cc1nc(-c2ccco2)no1. The molecule has 0 bridgehead atoms. The number of hydrogen-bond donors (Lipinski definition) is 0. The van der Waals surface area contributed by atoms with E-state index in [1.807, 2.05) is 0 Å². The molecular formula is C18H11N7O5. The minimum atomic E-state index is -0.518. The molecule has 0 atom stereocenters. The molecule has 1 aromatic carbocycles. The number of furan rings is 1. The van der Waals surface area contributed by atoms with Crippen LogP contribution in [0.5, 0.6) is 0 Å². The van der Waals surface area contributed by atoms with E-state index >= 15 is 0 Å². The van der Waals surface area contributed by atoms with Gasteiger partial charge in [-0.15, -0.1) is 0 Å². The molecule has 0 aliphatic rings. The first-order valence-electron chi connectivity index (χ1n) is 8.65. The van der Waals surface area contributed by atoms with Crippen LogP contribution in [0.3, 0.4) is 0 Å². The zero-order valence-electron chi connectivity index (χ0n) is 15.1. The number of nitro groups is 1. The molecule has 0 aliphatic carbocycles. The quantitative estimate of drug-likeness (QED) is 0.317. The van der Waals surface area contributed by atoms with E-state index in [4.69, 9.17) is 8.94 Å². The third-order valence-electron chi connectivity index (χ3n) is 4.38. The van der Waals surface area contributed by atoms with E-state index in [1.165, 1.54) is 40.2 Å². The molecule has 0 aliphatic heterocycles. The number of para-hydroxylation sites is 2. The van der Waals surface area contributed by atoms with Gasteiger partial charge in [0.25, 0.3) is 11.2 Å². The summed E-state index contributed by atoms with van der Waals surface area (Å²) in [6, 6.07) is 9.47. The molecule has 0 unspecified atom stereocenters. The van der Waals surface area contributed by atoms with Crippen molar-refractivity contribution >= 4 is 16.7 Å². The van der Waals surface area contributed by atoms with Crippen molar-refractivity contribution in [3.8, 4) is 17.3 Å². The van der Waals surface area contributed by atoms with Crippen molar-refractivity contribution < 1.29 is 13.9 Å². The van der Waals surface area contributed by atoms with Gasteiger partial charge in [-0.3, -0.25) is 19.5 Å². The van der Waals surface area contributed by atoms with Crippen molar-refractivity contribution in [2.24, 2.45) is 0 Å².